The molecular formula is C28H29NO5. The van der Waals surface area contributed by atoms with Crippen LogP contribution in [0.5, 0.6) is 11.5 Å². The SMILES string of the molecule is CCCOC(=O)c1ccc(NC(=O)C=Cc2ccc(OCc3ccccc3C)c(OC)c2)cc1. The van der Waals surface area contributed by atoms with Crippen molar-refractivity contribution in [1.82, 2.24) is 0 Å². The molecule has 6 nitrogen and oxygen atoms in total. The zero-order valence-corrected chi connectivity index (χ0v) is 19.7. The van der Waals surface area contributed by atoms with Gasteiger partial charge in [-0.1, -0.05) is 37.3 Å². The summed E-state index contributed by atoms with van der Waals surface area (Å²) in [6, 6.07) is 20.1. The van der Waals surface area contributed by atoms with Gasteiger partial charge in [0.05, 0.1) is 19.3 Å². The molecule has 0 saturated heterocycles. The van der Waals surface area contributed by atoms with E-state index in [1.807, 2.05) is 56.3 Å². The summed E-state index contributed by atoms with van der Waals surface area (Å²) in [4.78, 5) is 24.2. The second-order valence-electron chi connectivity index (χ2n) is 7.66. The number of ether oxygens (including phenoxy) is 3. The Kier molecular flexibility index (Phi) is 8.86. The topological polar surface area (TPSA) is 73.9 Å². The average Bonchev–Trinajstić information content (AvgIpc) is 2.86. The molecule has 0 aliphatic heterocycles. The summed E-state index contributed by atoms with van der Waals surface area (Å²) in [6.07, 6.45) is 3.90. The molecule has 3 aromatic rings. The van der Waals surface area contributed by atoms with Crippen LogP contribution in [0.15, 0.2) is 72.8 Å². The first kappa shape index (κ1) is 24.6. The number of carbonyl (C=O) groups excluding carboxylic acids is 2. The van der Waals surface area contributed by atoms with Gasteiger partial charge in [0.2, 0.25) is 5.91 Å². The number of rotatable bonds is 10. The summed E-state index contributed by atoms with van der Waals surface area (Å²) in [6.45, 7) is 4.80. The van der Waals surface area contributed by atoms with Crippen molar-refractivity contribution in [2.75, 3.05) is 19.0 Å². The number of hydrogen-bond donors (Lipinski definition) is 1. The first-order valence-electron chi connectivity index (χ1n) is 11.1. The number of anilines is 1. The first-order chi connectivity index (χ1) is 16.5. The van der Waals surface area contributed by atoms with Crippen molar-refractivity contribution < 1.29 is 23.8 Å². The lowest BCUT2D eigenvalue weighted by atomic mass is 10.1. The molecule has 0 bridgehead atoms. The fraction of sp³-hybridized carbons (Fsp3) is 0.214. The van der Waals surface area contributed by atoms with Crippen LogP contribution in [0, 0.1) is 6.92 Å². The van der Waals surface area contributed by atoms with Gasteiger partial charge in [0.1, 0.15) is 6.61 Å². The number of amides is 1. The highest BCUT2D eigenvalue weighted by Crippen LogP contribution is 2.29. The molecule has 0 aliphatic rings. The molecule has 1 amide bonds. The third-order valence-corrected chi connectivity index (χ3v) is 5.08. The van der Waals surface area contributed by atoms with E-state index in [0.29, 0.717) is 36.0 Å². The number of carbonyl (C=O) groups is 2. The molecule has 0 heterocycles. The molecule has 0 atom stereocenters. The quantitative estimate of drug-likeness (QED) is 0.306. The highest BCUT2D eigenvalue weighted by molar-refractivity contribution is 6.02. The van der Waals surface area contributed by atoms with Gasteiger partial charge in [0.25, 0.3) is 0 Å². The molecular weight excluding hydrogens is 430 g/mol. The van der Waals surface area contributed by atoms with Crippen LogP contribution in [0.1, 0.15) is 40.4 Å². The van der Waals surface area contributed by atoms with Gasteiger partial charge in [-0.15, -0.1) is 0 Å². The van der Waals surface area contributed by atoms with Crippen LogP contribution in [0.3, 0.4) is 0 Å². The molecule has 0 saturated carbocycles. The van der Waals surface area contributed by atoms with Crippen molar-refractivity contribution in [2.24, 2.45) is 0 Å². The van der Waals surface area contributed by atoms with Gasteiger partial charge >= 0.3 is 5.97 Å². The van der Waals surface area contributed by atoms with E-state index in [2.05, 4.69) is 5.32 Å². The molecule has 3 rings (SSSR count). The van der Waals surface area contributed by atoms with Gasteiger partial charge in [0.15, 0.2) is 11.5 Å². The van der Waals surface area contributed by atoms with Gasteiger partial charge in [-0.25, -0.2) is 4.79 Å². The standard InChI is InChI=1S/C28H29NO5/c1-4-17-33-28(31)22-11-13-24(14-12-22)29-27(30)16-10-21-9-15-25(26(18-21)32-3)34-19-23-8-6-5-7-20(23)2/h5-16,18H,4,17,19H2,1-3H3,(H,29,30). The third-order valence-electron chi connectivity index (χ3n) is 5.08. The second-order valence-corrected chi connectivity index (χ2v) is 7.66. The lowest BCUT2D eigenvalue weighted by molar-refractivity contribution is -0.111. The Morgan fingerprint density at radius 3 is 2.44 bits per heavy atom. The number of methoxy groups -OCH3 is 1. The predicted octanol–water partition coefficient (Wildman–Crippen LogP) is 5.80. The van der Waals surface area contributed by atoms with E-state index in [1.165, 1.54) is 6.08 Å². The van der Waals surface area contributed by atoms with Gasteiger partial charge < -0.3 is 19.5 Å². The van der Waals surface area contributed by atoms with Crippen molar-refractivity contribution in [3.8, 4) is 11.5 Å². The Morgan fingerprint density at radius 2 is 1.74 bits per heavy atom. The molecule has 3 aromatic carbocycles. The smallest absolute Gasteiger partial charge is 0.338 e. The maximum Gasteiger partial charge on any atom is 0.338 e. The largest absolute Gasteiger partial charge is 0.493 e. The summed E-state index contributed by atoms with van der Waals surface area (Å²) in [7, 11) is 1.58. The lowest BCUT2D eigenvalue weighted by Crippen LogP contribution is -2.09. The van der Waals surface area contributed by atoms with E-state index in [1.54, 1.807) is 37.5 Å². The lowest BCUT2D eigenvalue weighted by Gasteiger charge is -2.12. The first-order valence-corrected chi connectivity index (χ1v) is 11.1. The summed E-state index contributed by atoms with van der Waals surface area (Å²) in [5.74, 6) is 0.548. The Hall–Kier alpha value is -4.06. The Bertz CT molecular complexity index is 1150. The monoisotopic (exact) mass is 459 g/mol. The molecule has 0 unspecified atom stereocenters. The van der Waals surface area contributed by atoms with Crippen molar-refractivity contribution in [1.29, 1.82) is 0 Å². The number of hydrogen-bond acceptors (Lipinski definition) is 5. The van der Waals surface area contributed by atoms with Crippen molar-refractivity contribution >= 4 is 23.6 Å². The normalized spacial score (nSPS) is 10.7. The molecule has 34 heavy (non-hydrogen) atoms. The fourth-order valence-electron chi connectivity index (χ4n) is 3.16. The van der Waals surface area contributed by atoms with Crippen LogP contribution in [0.25, 0.3) is 6.08 Å². The summed E-state index contributed by atoms with van der Waals surface area (Å²) in [5.41, 5.74) is 4.09. The Balaban J connectivity index is 1.58. The predicted molar refractivity (Wildman–Crippen MR) is 133 cm³/mol. The average molecular weight is 460 g/mol. The van der Waals surface area contributed by atoms with E-state index in [4.69, 9.17) is 14.2 Å². The fourth-order valence-corrected chi connectivity index (χ4v) is 3.16. The maximum absolute atomic E-state index is 12.3. The molecule has 0 aliphatic carbocycles. The van der Waals surface area contributed by atoms with Crippen LogP contribution in [-0.4, -0.2) is 25.6 Å². The minimum Gasteiger partial charge on any atom is -0.493 e. The molecule has 1 N–H and O–H groups in total. The molecule has 0 spiro atoms. The highest BCUT2D eigenvalue weighted by atomic mass is 16.5. The second kappa shape index (κ2) is 12.3. The maximum atomic E-state index is 12.3. The van der Waals surface area contributed by atoms with Crippen LogP contribution in [0.2, 0.25) is 0 Å². The Morgan fingerprint density at radius 1 is 0.971 bits per heavy atom. The molecule has 176 valence electrons. The minimum atomic E-state index is -0.375. The molecule has 0 aromatic heterocycles. The Labute approximate surface area is 200 Å². The van der Waals surface area contributed by atoms with E-state index >= 15 is 0 Å². The van der Waals surface area contributed by atoms with Gasteiger partial charge in [0, 0.05) is 11.8 Å². The molecule has 0 fully saturated rings. The summed E-state index contributed by atoms with van der Waals surface area (Å²) in [5, 5.41) is 2.77. The highest BCUT2D eigenvalue weighted by Gasteiger charge is 2.08. The van der Waals surface area contributed by atoms with Crippen LogP contribution in [0.4, 0.5) is 5.69 Å². The van der Waals surface area contributed by atoms with E-state index in [9.17, 15) is 9.59 Å². The minimum absolute atomic E-state index is 0.292. The van der Waals surface area contributed by atoms with Crippen molar-refractivity contribution in [2.45, 2.75) is 26.9 Å². The van der Waals surface area contributed by atoms with E-state index in [-0.39, 0.29) is 11.9 Å². The molecule has 6 heteroatoms. The van der Waals surface area contributed by atoms with Crippen molar-refractivity contribution in [3.05, 3.63) is 95.1 Å². The molecule has 0 radical (unpaired) electrons. The summed E-state index contributed by atoms with van der Waals surface area (Å²) < 4.78 is 16.5. The third kappa shape index (κ3) is 6.97. The van der Waals surface area contributed by atoms with Crippen molar-refractivity contribution in [3.63, 3.8) is 0 Å². The van der Waals surface area contributed by atoms with E-state index in [0.717, 1.165) is 23.1 Å². The number of nitrogens with one attached hydrogen (secondary N) is 1. The zero-order valence-electron chi connectivity index (χ0n) is 19.7. The number of aryl methyl sites for hydroxylation is 1. The van der Waals surface area contributed by atoms with Crippen LogP contribution in [-0.2, 0) is 16.1 Å². The summed E-state index contributed by atoms with van der Waals surface area (Å²) >= 11 is 0. The number of benzene rings is 3. The van der Waals surface area contributed by atoms with Crippen LogP contribution >= 0.6 is 0 Å². The van der Waals surface area contributed by atoms with Gasteiger partial charge in [-0.2, -0.15) is 0 Å². The van der Waals surface area contributed by atoms with E-state index < -0.39 is 0 Å². The van der Waals surface area contributed by atoms with Gasteiger partial charge in [-0.3, -0.25) is 4.79 Å². The van der Waals surface area contributed by atoms with Gasteiger partial charge in [-0.05, 0) is 72.5 Å². The zero-order chi connectivity index (χ0) is 24.3. The van der Waals surface area contributed by atoms with Crippen LogP contribution < -0.4 is 14.8 Å². The number of esters is 1.